The molecule has 0 spiro atoms. The van der Waals surface area contributed by atoms with Crippen molar-refractivity contribution in [2.24, 2.45) is 0 Å². The Morgan fingerprint density at radius 3 is 2.50 bits per heavy atom. The van der Waals surface area contributed by atoms with Crippen LogP contribution in [0.1, 0.15) is 23.2 Å². The number of fused-ring (bicyclic) bond motifs is 1. The number of ether oxygens (including phenoxy) is 2. The number of piperidine rings is 1. The first-order chi connectivity index (χ1) is 13.6. The van der Waals surface area contributed by atoms with E-state index < -0.39 is 0 Å². The third-order valence-corrected chi connectivity index (χ3v) is 5.38. The van der Waals surface area contributed by atoms with E-state index in [1.165, 1.54) is 4.90 Å². The molecule has 1 aliphatic heterocycles. The van der Waals surface area contributed by atoms with Crippen molar-refractivity contribution < 1.29 is 19.2 Å². The number of hydrogen-bond acceptors (Lipinski definition) is 4. The maximum absolute atomic E-state index is 13.0. The average molecular weight is 377 g/mol. The van der Waals surface area contributed by atoms with E-state index >= 15 is 0 Å². The van der Waals surface area contributed by atoms with Gasteiger partial charge in [-0.15, -0.1) is 0 Å². The Hall–Kier alpha value is -2.92. The summed E-state index contributed by atoms with van der Waals surface area (Å²) < 4.78 is 11.1. The van der Waals surface area contributed by atoms with Gasteiger partial charge in [0.05, 0.1) is 44.0 Å². The van der Waals surface area contributed by atoms with Gasteiger partial charge in [-0.2, -0.15) is 0 Å². The molecule has 0 bridgehead atoms. The summed E-state index contributed by atoms with van der Waals surface area (Å²) in [5.74, 6) is 0.520. The van der Waals surface area contributed by atoms with Crippen LogP contribution in [0.2, 0.25) is 0 Å². The number of carbonyl (C=O) groups is 1. The Morgan fingerprint density at radius 1 is 1.07 bits per heavy atom. The van der Waals surface area contributed by atoms with Gasteiger partial charge in [0, 0.05) is 23.8 Å². The van der Waals surface area contributed by atoms with Crippen molar-refractivity contribution >= 4 is 16.9 Å². The lowest BCUT2D eigenvalue weighted by Crippen LogP contribution is -3.10. The van der Waals surface area contributed by atoms with Gasteiger partial charge in [0.2, 0.25) is 0 Å². The average Bonchev–Trinajstić information content (AvgIpc) is 2.74. The van der Waals surface area contributed by atoms with Gasteiger partial charge in [-0.05, 0) is 36.4 Å². The largest absolute Gasteiger partial charge is 0.497 e. The highest BCUT2D eigenvalue weighted by molar-refractivity contribution is 6.04. The Morgan fingerprint density at radius 2 is 1.79 bits per heavy atom. The smallest absolute Gasteiger partial charge is 0.339 e. The minimum atomic E-state index is -0.266. The summed E-state index contributed by atoms with van der Waals surface area (Å²) >= 11 is 0. The van der Waals surface area contributed by atoms with Crippen molar-refractivity contribution in [2.45, 2.75) is 18.9 Å². The van der Waals surface area contributed by atoms with Crippen LogP contribution in [0.5, 0.6) is 5.75 Å². The molecule has 0 radical (unpaired) electrons. The number of likely N-dealkylation sites (tertiary alicyclic amines) is 1. The zero-order valence-corrected chi connectivity index (χ0v) is 16.3. The predicted molar refractivity (Wildman–Crippen MR) is 109 cm³/mol. The van der Waals surface area contributed by atoms with E-state index in [4.69, 9.17) is 14.5 Å². The molecule has 0 unspecified atom stereocenters. The van der Waals surface area contributed by atoms with Crippen LogP contribution in [-0.4, -0.2) is 44.3 Å². The van der Waals surface area contributed by atoms with E-state index in [0.29, 0.717) is 5.56 Å². The lowest BCUT2D eigenvalue weighted by molar-refractivity contribution is -0.885. The highest BCUT2D eigenvalue weighted by atomic mass is 16.5. The topological polar surface area (TPSA) is 52.9 Å². The summed E-state index contributed by atoms with van der Waals surface area (Å²) in [7, 11) is 3.82. The maximum Gasteiger partial charge on any atom is 0.339 e. The molecule has 0 saturated carbocycles. The highest BCUT2D eigenvalue weighted by Crippen LogP contribution is 2.27. The third kappa shape index (κ3) is 3.85. The van der Waals surface area contributed by atoms with Crippen LogP contribution >= 0.6 is 0 Å². The first kappa shape index (κ1) is 18.4. The van der Waals surface area contributed by atoms with Gasteiger partial charge < -0.3 is 14.4 Å². The van der Waals surface area contributed by atoms with E-state index in [9.17, 15) is 4.79 Å². The lowest BCUT2D eigenvalue weighted by atomic mass is 10.0. The van der Waals surface area contributed by atoms with Crippen molar-refractivity contribution in [2.75, 3.05) is 27.2 Å². The fraction of sp³-hybridized carbons (Fsp3) is 0.304. The van der Waals surface area contributed by atoms with Crippen molar-refractivity contribution in [3.8, 4) is 17.0 Å². The quantitative estimate of drug-likeness (QED) is 0.711. The summed E-state index contributed by atoms with van der Waals surface area (Å²) in [6.45, 7) is 2.07. The van der Waals surface area contributed by atoms with Crippen LogP contribution in [0, 0.1) is 0 Å². The molecule has 0 aliphatic carbocycles. The normalized spacial score (nSPS) is 19.4. The summed E-state index contributed by atoms with van der Waals surface area (Å²) in [5, 5.41) is 0.823. The summed E-state index contributed by atoms with van der Waals surface area (Å²) in [4.78, 5) is 19.3. The number of nitrogens with zero attached hydrogens (tertiary/aromatic N) is 1. The summed E-state index contributed by atoms with van der Waals surface area (Å²) in [6.07, 6.45) is 1.81. The molecule has 1 aromatic heterocycles. The summed E-state index contributed by atoms with van der Waals surface area (Å²) in [5.41, 5.74) is 3.04. The van der Waals surface area contributed by atoms with Crippen LogP contribution in [0.3, 0.4) is 0 Å². The van der Waals surface area contributed by atoms with Gasteiger partial charge in [-0.25, -0.2) is 9.78 Å². The van der Waals surface area contributed by atoms with Gasteiger partial charge in [0.25, 0.3) is 0 Å². The molecule has 0 amide bonds. The van der Waals surface area contributed by atoms with Crippen LogP contribution in [0.4, 0.5) is 0 Å². The Balaban J connectivity index is 1.68. The van der Waals surface area contributed by atoms with Crippen LogP contribution in [0.25, 0.3) is 22.2 Å². The number of carbonyl (C=O) groups excluding carboxylic acids is 1. The molecule has 1 fully saturated rings. The third-order valence-electron chi connectivity index (χ3n) is 5.38. The molecule has 28 heavy (non-hydrogen) atoms. The number of benzene rings is 2. The standard InChI is InChI=1S/C23H24N2O3/c1-25-13-11-18(12-14-25)28-23(26)20-15-22(16-7-9-17(27-2)10-8-16)24-21-6-4-3-5-19(20)21/h3-10,15,18H,11-14H2,1-2H3/p+1. The van der Waals surface area contributed by atoms with Gasteiger partial charge in [0.15, 0.2) is 0 Å². The van der Waals surface area contributed by atoms with Crippen LogP contribution in [-0.2, 0) is 4.74 Å². The molecule has 1 saturated heterocycles. The number of aromatic nitrogens is 1. The molecular weight excluding hydrogens is 352 g/mol. The monoisotopic (exact) mass is 377 g/mol. The van der Waals surface area contributed by atoms with Gasteiger partial charge in [-0.3, -0.25) is 0 Å². The second-order valence-electron chi connectivity index (χ2n) is 7.36. The SMILES string of the molecule is COc1ccc(-c2cc(C(=O)OC3CC[NH+](C)CC3)c3ccccc3n2)cc1. The molecule has 1 aliphatic rings. The molecular formula is C23H25N2O3+. The predicted octanol–water partition coefficient (Wildman–Crippen LogP) is 2.74. The van der Waals surface area contributed by atoms with E-state index in [-0.39, 0.29) is 12.1 Å². The fourth-order valence-electron chi connectivity index (χ4n) is 3.67. The number of para-hydroxylation sites is 1. The van der Waals surface area contributed by atoms with E-state index in [1.807, 2.05) is 54.6 Å². The molecule has 1 N–H and O–H groups in total. The van der Waals surface area contributed by atoms with Gasteiger partial charge in [-0.1, -0.05) is 18.2 Å². The number of esters is 1. The molecule has 4 rings (SSSR count). The highest BCUT2D eigenvalue weighted by Gasteiger charge is 2.24. The van der Waals surface area contributed by atoms with Crippen LogP contribution in [0.15, 0.2) is 54.6 Å². The minimum absolute atomic E-state index is 0.00689. The Labute approximate surface area is 164 Å². The molecule has 5 nitrogen and oxygen atoms in total. The zero-order chi connectivity index (χ0) is 19.5. The van der Waals surface area contributed by atoms with Crippen molar-refractivity contribution in [1.82, 2.24) is 4.98 Å². The molecule has 5 heteroatoms. The number of pyridine rings is 1. The molecule has 2 aromatic carbocycles. The Kier molecular flexibility index (Phi) is 5.26. The first-order valence-corrected chi connectivity index (χ1v) is 9.70. The van der Waals surface area contributed by atoms with Crippen molar-refractivity contribution in [1.29, 1.82) is 0 Å². The summed E-state index contributed by atoms with van der Waals surface area (Å²) in [6, 6.07) is 17.2. The van der Waals surface area contributed by atoms with Gasteiger partial charge in [0.1, 0.15) is 11.9 Å². The number of hydrogen-bond donors (Lipinski definition) is 1. The molecule has 3 aromatic rings. The molecule has 0 atom stereocenters. The van der Waals surface area contributed by atoms with Gasteiger partial charge >= 0.3 is 5.97 Å². The first-order valence-electron chi connectivity index (χ1n) is 9.70. The van der Waals surface area contributed by atoms with Crippen molar-refractivity contribution in [3.05, 3.63) is 60.2 Å². The minimum Gasteiger partial charge on any atom is -0.497 e. The maximum atomic E-state index is 13.0. The number of nitrogens with one attached hydrogen (secondary N) is 1. The Bertz CT molecular complexity index is 977. The van der Waals surface area contributed by atoms with E-state index in [2.05, 4.69) is 7.05 Å². The molecule has 2 heterocycles. The lowest BCUT2D eigenvalue weighted by Gasteiger charge is -2.26. The second-order valence-corrected chi connectivity index (χ2v) is 7.36. The van der Waals surface area contributed by atoms with Crippen molar-refractivity contribution in [3.63, 3.8) is 0 Å². The second kappa shape index (κ2) is 7.98. The molecule has 144 valence electrons. The number of quaternary nitrogens is 1. The zero-order valence-electron chi connectivity index (χ0n) is 16.3. The fourth-order valence-corrected chi connectivity index (χ4v) is 3.67. The van der Waals surface area contributed by atoms with Crippen LogP contribution < -0.4 is 9.64 Å². The number of methoxy groups -OCH3 is 1. The number of rotatable bonds is 4. The van der Waals surface area contributed by atoms with E-state index in [0.717, 1.165) is 53.8 Å². The van der Waals surface area contributed by atoms with E-state index in [1.54, 1.807) is 7.11 Å².